The third kappa shape index (κ3) is 9.97. The lowest BCUT2D eigenvalue weighted by molar-refractivity contribution is -0.0858. The highest BCUT2D eigenvalue weighted by atomic mass is 16.6. The quantitative estimate of drug-likeness (QED) is 0.0607. The molecule has 0 saturated heterocycles. The molecule has 246 valence electrons. The predicted octanol–water partition coefficient (Wildman–Crippen LogP) is 6.62. The van der Waals surface area contributed by atoms with Crippen LogP contribution < -0.4 is 5.43 Å². The van der Waals surface area contributed by atoms with Crippen LogP contribution >= 0.6 is 0 Å². The molecule has 0 aliphatic heterocycles. The zero-order chi connectivity index (χ0) is 34.3. The maximum Gasteiger partial charge on any atom is 0.338 e. The summed E-state index contributed by atoms with van der Waals surface area (Å²) in [6.07, 6.45) is -3.28. The van der Waals surface area contributed by atoms with Gasteiger partial charge in [-0.15, -0.1) is 0 Å². The second kappa shape index (κ2) is 17.4. The van der Waals surface area contributed by atoms with Crippen molar-refractivity contribution in [2.75, 3.05) is 12.0 Å². The van der Waals surface area contributed by atoms with Gasteiger partial charge < -0.3 is 18.9 Å². The van der Waals surface area contributed by atoms with E-state index in [1.165, 1.54) is 18.3 Å². The zero-order valence-electron chi connectivity index (χ0n) is 26.2. The number of hydrogen-bond acceptors (Lipinski definition) is 10. The Morgan fingerprint density at radius 3 is 1.37 bits per heavy atom. The number of anilines is 1. The van der Waals surface area contributed by atoms with E-state index >= 15 is 0 Å². The van der Waals surface area contributed by atoms with E-state index in [9.17, 15) is 19.2 Å². The number of rotatable bonds is 14. The SMILES string of the molecule is O=C(OCC(OC(=O)c1ccccc1)C(OC(=O)c1ccccc1)C(/C=N/Nc1ccccc1)OC(=O)c1ccccc1)c1ccccc1. The van der Waals surface area contributed by atoms with Crippen LogP contribution in [0.25, 0.3) is 0 Å². The highest BCUT2D eigenvalue weighted by Crippen LogP contribution is 2.20. The maximum absolute atomic E-state index is 13.6. The monoisotopic (exact) mass is 656 g/mol. The van der Waals surface area contributed by atoms with E-state index in [4.69, 9.17) is 18.9 Å². The standard InChI is InChI=1S/C39H32N2O8/c42-36(28-16-6-1-7-17-28)46-27-34(48-38(44)30-20-10-3-11-21-30)35(49-39(45)31-22-12-4-13-23-31)33(26-40-41-32-24-14-5-15-25-32)47-37(43)29-18-8-2-9-19-29/h1-26,33-35,41H,27H2/b40-26+. The zero-order valence-corrected chi connectivity index (χ0v) is 26.2. The molecule has 0 amide bonds. The van der Waals surface area contributed by atoms with Gasteiger partial charge in [0.25, 0.3) is 0 Å². The van der Waals surface area contributed by atoms with E-state index < -0.39 is 48.8 Å². The molecule has 0 fully saturated rings. The molecule has 1 N–H and O–H groups in total. The Hall–Kier alpha value is -6.55. The molecule has 0 aromatic heterocycles. The van der Waals surface area contributed by atoms with Gasteiger partial charge in [-0.25, -0.2) is 19.2 Å². The van der Waals surface area contributed by atoms with Crippen LogP contribution in [-0.4, -0.2) is 55.0 Å². The minimum atomic E-state index is -1.56. The molecule has 10 nitrogen and oxygen atoms in total. The van der Waals surface area contributed by atoms with Gasteiger partial charge in [0.1, 0.15) is 6.61 Å². The number of ether oxygens (including phenoxy) is 4. The molecule has 0 spiro atoms. The third-order valence-electron chi connectivity index (χ3n) is 7.04. The van der Waals surface area contributed by atoms with Gasteiger partial charge in [0.05, 0.1) is 34.2 Å². The van der Waals surface area contributed by atoms with Crippen LogP contribution in [-0.2, 0) is 18.9 Å². The summed E-state index contributed by atoms with van der Waals surface area (Å²) in [7, 11) is 0. The van der Waals surface area contributed by atoms with Crippen molar-refractivity contribution >= 4 is 35.8 Å². The molecule has 0 saturated carbocycles. The Balaban J connectivity index is 1.54. The molecule has 5 aromatic carbocycles. The van der Waals surface area contributed by atoms with E-state index in [1.807, 2.05) is 6.07 Å². The van der Waals surface area contributed by atoms with E-state index in [0.29, 0.717) is 5.69 Å². The van der Waals surface area contributed by atoms with Crippen LogP contribution in [0.2, 0.25) is 0 Å². The van der Waals surface area contributed by atoms with Gasteiger partial charge in [0.15, 0.2) is 18.3 Å². The fourth-order valence-corrected chi connectivity index (χ4v) is 4.56. The van der Waals surface area contributed by atoms with Gasteiger partial charge in [0, 0.05) is 0 Å². The molecule has 5 rings (SSSR count). The van der Waals surface area contributed by atoms with Gasteiger partial charge in [-0.05, 0) is 60.7 Å². The number of esters is 4. The molecule has 3 atom stereocenters. The van der Waals surface area contributed by atoms with Gasteiger partial charge in [-0.3, -0.25) is 5.43 Å². The number of nitrogens with zero attached hydrogens (tertiary/aromatic N) is 1. The van der Waals surface area contributed by atoms with Crippen LogP contribution in [0.15, 0.2) is 157 Å². The molecular formula is C39H32N2O8. The van der Waals surface area contributed by atoms with Crippen LogP contribution in [0, 0.1) is 0 Å². The molecule has 10 heteroatoms. The summed E-state index contributed by atoms with van der Waals surface area (Å²) in [5.41, 5.74) is 4.28. The fraction of sp³-hybridized carbons (Fsp3) is 0.103. The van der Waals surface area contributed by atoms with Crippen LogP contribution in [0.3, 0.4) is 0 Å². The number of carbonyl (C=O) groups is 4. The summed E-state index contributed by atoms with van der Waals surface area (Å²) in [5, 5.41) is 4.26. The Morgan fingerprint density at radius 2 is 0.898 bits per heavy atom. The first-order valence-corrected chi connectivity index (χ1v) is 15.3. The second-order valence-electron chi connectivity index (χ2n) is 10.5. The number of nitrogens with one attached hydrogen (secondary N) is 1. The molecule has 0 heterocycles. The van der Waals surface area contributed by atoms with E-state index in [2.05, 4.69) is 10.5 Å². The number of hydrazone groups is 1. The minimum absolute atomic E-state index is 0.175. The lowest BCUT2D eigenvalue weighted by Gasteiger charge is -2.30. The van der Waals surface area contributed by atoms with Crippen LogP contribution in [0.5, 0.6) is 0 Å². The number of carbonyl (C=O) groups excluding carboxylic acids is 4. The molecule has 0 aliphatic rings. The number of hydrogen-bond donors (Lipinski definition) is 1. The Bertz CT molecular complexity index is 1840. The molecular weight excluding hydrogens is 624 g/mol. The lowest BCUT2D eigenvalue weighted by Crippen LogP contribution is -2.49. The molecule has 49 heavy (non-hydrogen) atoms. The van der Waals surface area contributed by atoms with Crippen molar-refractivity contribution in [2.45, 2.75) is 18.3 Å². The van der Waals surface area contributed by atoms with Crippen molar-refractivity contribution in [1.29, 1.82) is 0 Å². The summed E-state index contributed by atoms with van der Waals surface area (Å²) in [6, 6.07) is 41.6. The predicted molar refractivity (Wildman–Crippen MR) is 182 cm³/mol. The first kappa shape index (κ1) is 33.8. The number of benzene rings is 5. The van der Waals surface area contributed by atoms with Gasteiger partial charge in [-0.2, -0.15) is 5.10 Å². The lowest BCUT2D eigenvalue weighted by atomic mass is 10.1. The molecule has 3 unspecified atom stereocenters. The number of para-hydroxylation sites is 1. The Kier molecular flexibility index (Phi) is 12.0. The first-order chi connectivity index (χ1) is 24.0. The topological polar surface area (TPSA) is 130 Å². The van der Waals surface area contributed by atoms with Gasteiger partial charge in [0.2, 0.25) is 0 Å². The summed E-state index contributed by atoms with van der Waals surface area (Å²) in [5.74, 6) is -3.10. The van der Waals surface area contributed by atoms with Crippen LogP contribution in [0.1, 0.15) is 41.4 Å². The average molecular weight is 657 g/mol. The summed E-state index contributed by atoms with van der Waals surface area (Å²) in [4.78, 5) is 53.5. The Labute approximate surface area is 282 Å². The minimum Gasteiger partial charge on any atom is -0.458 e. The molecule has 5 aromatic rings. The smallest absolute Gasteiger partial charge is 0.338 e. The van der Waals surface area contributed by atoms with Gasteiger partial charge >= 0.3 is 23.9 Å². The summed E-state index contributed by atoms with van der Waals surface area (Å²) < 4.78 is 23.4. The largest absolute Gasteiger partial charge is 0.458 e. The normalized spacial score (nSPS) is 12.6. The van der Waals surface area contributed by atoms with Crippen molar-refractivity contribution < 1.29 is 38.1 Å². The summed E-state index contributed by atoms with van der Waals surface area (Å²) >= 11 is 0. The highest BCUT2D eigenvalue weighted by Gasteiger charge is 2.39. The highest BCUT2D eigenvalue weighted by molar-refractivity contribution is 5.92. The van der Waals surface area contributed by atoms with Gasteiger partial charge in [-0.1, -0.05) is 91.0 Å². The van der Waals surface area contributed by atoms with Crippen molar-refractivity contribution in [2.24, 2.45) is 5.10 Å². The third-order valence-corrected chi connectivity index (χ3v) is 7.04. The van der Waals surface area contributed by atoms with Crippen molar-refractivity contribution in [3.05, 3.63) is 174 Å². The first-order valence-electron chi connectivity index (χ1n) is 15.3. The second-order valence-corrected chi connectivity index (χ2v) is 10.5. The molecule has 0 aliphatic carbocycles. The molecule has 0 bridgehead atoms. The Morgan fingerprint density at radius 1 is 0.510 bits per heavy atom. The average Bonchev–Trinajstić information content (AvgIpc) is 3.16. The summed E-state index contributed by atoms with van der Waals surface area (Å²) in [6.45, 7) is -0.571. The van der Waals surface area contributed by atoms with Crippen molar-refractivity contribution in [3.63, 3.8) is 0 Å². The van der Waals surface area contributed by atoms with E-state index in [1.54, 1.807) is 133 Å². The molecule has 0 radical (unpaired) electrons. The fourth-order valence-electron chi connectivity index (χ4n) is 4.56. The van der Waals surface area contributed by atoms with E-state index in [-0.39, 0.29) is 22.3 Å². The maximum atomic E-state index is 13.6. The van der Waals surface area contributed by atoms with Crippen LogP contribution in [0.4, 0.5) is 5.69 Å². The van der Waals surface area contributed by atoms with Crippen molar-refractivity contribution in [1.82, 2.24) is 0 Å². The van der Waals surface area contributed by atoms with E-state index in [0.717, 1.165) is 0 Å². The van der Waals surface area contributed by atoms with Crippen molar-refractivity contribution in [3.8, 4) is 0 Å².